The van der Waals surface area contributed by atoms with Gasteiger partial charge < -0.3 is 9.88 Å². The number of carbonyl (C=O) groups is 1. The van der Waals surface area contributed by atoms with Crippen LogP contribution in [0.1, 0.15) is 59.1 Å². The molecule has 1 atom stereocenters. The molecule has 0 fully saturated rings. The monoisotopic (exact) mass is 613 g/mol. The standard InChI is InChI=1S/C35H33Cl2N3OS/c1-35(2,3)24-14-15-27-31(18-24)42-34(32(27)33(41)39-25-9-5-4-6-10-25)38-19-23-21-40(30-12-8-7-11-26(23)30)20-22-13-16-28(36)29(37)17-22/h4-13,16-17,19,21,24H,14-15,18,20H2,1-3H3,(H,39,41)/t24-/m1/s1. The summed E-state index contributed by atoms with van der Waals surface area (Å²) in [7, 11) is 0. The molecule has 0 bridgehead atoms. The fourth-order valence-electron chi connectivity index (χ4n) is 5.82. The highest BCUT2D eigenvalue weighted by Crippen LogP contribution is 2.45. The minimum atomic E-state index is -0.0953. The Balaban J connectivity index is 1.37. The summed E-state index contributed by atoms with van der Waals surface area (Å²) in [5.74, 6) is 0.479. The summed E-state index contributed by atoms with van der Waals surface area (Å²) in [5.41, 5.74) is 6.03. The topological polar surface area (TPSA) is 46.4 Å². The molecule has 2 heterocycles. The number of para-hydroxylation sites is 2. The van der Waals surface area contributed by atoms with Crippen LogP contribution in [0.5, 0.6) is 0 Å². The molecule has 0 radical (unpaired) electrons. The Hall–Kier alpha value is -3.38. The van der Waals surface area contributed by atoms with Crippen molar-refractivity contribution in [3.05, 3.63) is 116 Å². The van der Waals surface area contributed by atoms with Crippen molar-refractivity contribution in [3.63, 3.8) is 0 Å². The summed E-state index contributed by atoms with van der Waals surface area (Å²) >= 11 is 14.1. The van der Waals surface area contributed by atoms with Gasteiger partial charge in [0.15, 0.2) is 0 Å². The number of fused-ring (bicyclic) bond motifs is 2. The van der Waals surface area contributed by atoms with E-state index >= 15 is 0 Å². The molecule has 42 heavy (non-hydrogen) atoms. The number of thiophene rings is 1. The van der Waals surface area contributed by atoms with Crippen LogP contribution in [0.3, 0.4) is 0 Å². The summed E-state index contributed by atoms with van der Waals surface area (Å²) < 4.78 is 2.20. The molecule has 214 valence electrons. The van der Waals surface area contributed by atoms with Gasteiger partial charge in [0.25, 0.3) is 5.91 Å². The van der Waals surface area contributed by atoms with Crippen LogP contribution < -0.4 is 5.32 Å². The van der Waals surface area contributed by atoms with Crippen molar-refractivity contribution in [2.75, 3.05) is 5.32 Å². The summed E-state index contributed by atoms with van der Waals surface area (Å²) in [5, 5.41) is 6.08. The van der Waals surface area contributed by atoms with Gasteiger partial charge in [-0.2, -0.15) is 0 Å². The molecule has 0 saturated carbocycles. The van der Waals surface area contributed by atoms with Crippen LogP contribution in [-0.2, 0) is 19.4 Å². The van der Waals surface area contributed by atoms with E-state index in [1.54, 1.807) is 11.3 Å². The Morgan fingerprint density at radius 3 is 2.57 bits per heavy atom. The maximum Gasteiger partial charge on any atom is 0.259 e. The Morgan fingerprint density at radius 2 is 1.81 bits per heavy atom. The summed E-state index contributed by atoms with van der Waals surface area (Å²) in [6.45, 7) is 7.59. The molecule has 5 aromatic rings. The van der Waals surface area contributed by atoms with Gasteiger partial charge >= 0.3 is 0 Å². The SMILES string of the molecule is CC(C)(C)[C@@H]1CCc2c(sc(N=Cc3cn(Cc4ccc(Cl)c(Cl)c4)c4ccccc34)c2C(=O)Nc2ccccc2)C1. The van der Waals surface area contributed by atoms with E-state index in [9.17, 15) is 4.79 Å². The molecular formula is C35H33Cl2N3OS. The molecule has 4 nitrogen and oxygen atoms in total. The normalized spacial score (nSPS) is 15.3. The van der Waals surface area contributed by atoms with Gasteiger partial charge in [0.1, 0.15) is 5.00 Å². The van der Waals surface area contributed by atoms with E-state index in [-0.39, 0.29) is 11.3 Å². The van der Waals surface area contributed by atoms with Crippen LogP contribution in [0.25, 0.3) is 10.9 Å². The number of carbonyl (C=O) groups excluding carboxylic acids is 1. The summed E-state index contributed by atoms with van der Waals surface area (Å²) in [4.78, 5) is 20.0. The highest BCUT2D eigenvalue weighted by Gasteiger charge is 2.33. The van der Waals surface area contributed by atoms with Crippen molar-refractivity contribution >= 4 is 68.3 Å². The van der Waals surface area contributed by atoms with Gasteiger partial charge in [-0.05, 0) is 72.1 Å². The number of nitrogens with one attached hydrogen (secondary N) is 1. The first-order valence-electron chi connectivity index (χ1n) is 14.2. The number of rotatable bonds is 6. The average Bonchev–Trinajstić information content (AvgIpc) is 3.51. The van der Waals surface area contributed by atoms with Crippen molar-refractivity contribution in [2.45, 2.75) is 46.6 Å². The van der Waals surface area contributed by atoms with E-state index in [2.05, 4.69) is 49.0 Å². The molecule has 0 aliphatic heterocycles. The highest BCUT2D eigenvalue weighted by molar-refractivity contribution is 7.16. The minimum Gasteiger partial charge on any atom is -0.342 e. The van der Waals surface area contributed by atoms with Crippen molar-refractivity contribution in [1.82, 2.24) is 4.57 Å². The number of anilines is 1. The molecule has 6 rings (SSSR count). The smallest absolute Gasteiger partial charge is 0.259 e. The molecule has 2 aromatic heterocycles. The number of hydrogen-bond acceptors (Lipinski definition) is 3. The van der Waals surface area contributed by atoms with Crippen LogP contribution >= 0.6 is 34.5 Å². The Labute approximate surface area is 261 Å². The maximum absolute atomic E-state index is 13.7. The van der Waals surface area contributed by atoms with Crippen molar-refractivity contribution in [3.8, 4) is 0 Å². The fourth-order valence-corrected chi connectivity index (χ4v) is 7.41. The highest BCUT2D eigenvalue weighted by atomic mass is 35.5. The van der Waals surface area contributed by atoms with E-state index in [0.29, 0.717) is 28.1 Å². The lowest BCUT2D eigenvalue weighted by Gasteiger charge is -2.33. The lowest BCUT2D eigenvalue weighted by molar-refractivity contribution is 0.102. The molecule has 7 heteroatoms. The van der Waals surface area contributed by atoms with Gasteiger partial charge in [-0.15, -0.1) is 11.3 Å². The van der Waals surface area contributed by atoms with Crippen molar-refractivity contribution in [2.24, 2.45) is 16.3 Å². The zero-order valence-corrected chi connectivity index (χ0v) is 26.3. The van der Waals surface area contributed by atoms with Crippen LogP contribution in [0.2, 0.25) is 10.0 Å². The molecular weight excluding hydrogens is 581 g/mol. The average molecular weight is 615 g/mol. The van der Waals surface area contributed by atoms with Gasteiger partial charge in [0.2, 0.25) is 0 Å². The molecule has 0 spiro atoms. The number of benzene rings is 3. The number of aromatic nitrogens is 1. The number of nitrogens with zero attached hydrogens (tertiary/aromatic N) is 2. The largest absolute Gasteiger partial charge is 0.342 e. The van der Waals surface area contributed by atoms with E-state index in [4.69, 9.17) is 28.2 Å². The van der Waals surface area contributed by atoms with Crippen LogP contribution in [0, 0.1) is 11.3 Å². The molecule has 1 amide bonds. The number of amides is 1. The van der Waals surface area contributed by atoms with E-state index < -0.39 is 0 Å². The first-order valence-corrected chi connectivity index (χ1v) is 15.8. The predicted molar refractivity (Wildman–Crippen MR) is 178 cm³/mol. The van der Waals surface area contributed by atoms with Crippen LogP contribution in [0.4, 0.5) is 10.7 Å². The second kappa shape index (κ2) is 11.7. The van der Waals surface area contributed by atoms with Gasteiger partial charge in [-0.3, -0.25) is 4.79 Å². The molecule has 3 aromatic carbocycles. The van der Waals surface area contributed by atoms with E-state index in [1.165, 1.54) is 4.88 Å². The quantitative estimate of drug-likeness (QED) is 0.190. The molecule has 0 saturated heterocycles. The first kappa shape index (κ1) is 28.7. The van der Waals surface area contributed by atoms with Crippen LogP contribution in [0.15, 0.2) is 84.0 Å². The first-order chi connectivity index (χ1) is 20.2. The van der Waals surface area contributed by atoms with E-state index in [0.717, 1.165) is 57.5 Å². The molecule has 1 aliphatic carbocycles. The molecule has 1 aliphatic rings. The van der Waals surface area contributed by atoms with Gasteiger partial charge in [0, 0.05) is 46.0 Å². The van der Waals surface area contributed by atoms with Gasteiger partial charge in [-0.1, -0.05) is 86.4 Å². The van der Waals surface area contributed by atoms with Gasteiger partial charge in [0.05, 0.1) is 15.6 Å². The van der Waals surface area contributed by atoms with Crippen LogP contribution in [-0.4, -0.2) is 16.7 Å². The van der Waals surface area contributed by atoms with Gasteiger partial charge in [-0.25, -0.2) is 4.99 Å². The summed E-state index contributed by atoms with van der Waals surface area (Å²) in [6.07, 6.45) is 6.97. The molecule has 1 N–H and O–H groups in total. The number of hydrogen-bond donors (Lipinski definition) is 1. The lowest BCUT2D eigenvalue weighted by atomic mass is 9.72. The second-order valence-corrected chi connectivity index (χ2v) is 13.9. The minimum absolute atomic E-state index is 0.0953. The van der Waals surface area contributed by atoms with Crippen molar-refractivity contribution < 1.29 is 4.79 Å². The Bertz CT molecular complexity index is 1800. The Morgan fingerprint density at radius 1 is 1.05 bits per heavy atom. The predicted octanol–water partition coefficient (Wildman–Crippen LogP) is 10.2. The third kappa shape index (κ3) is 5.92. The zero-order valence-electron chi connectivity index (χ0n) is 24.0. The number of halogens is 2. The third-order valence-electron chi connectivity index (χ3n) is 8.21. The fraction of sp³-hybridized carbons (Fsp3) is 0.257. The van der Waals surface area contributed by atoms with Crippen molar-refractivity contribution in [1.29, 1.82) is 0 Å². The maximum atomic E-state index is 13.7. The second-order valence-electron chi connectivity index (χ2n) is 12.0. The molecule has 0 unspecified atom stereocenters. The van der Waals surface area contributed by atoms with E-state index in [1.807, 2.05) is 66.9 Å². The summed E-state index contributed by atoms with van der Waals surface area (Å²) in [6, 6.07) is 23.7. The lowest BCUT2D eigenvalue weighted by Crippen LogP contribution is -2.27. The third-order valence-corrected chi connectivity index (χ3v) is 10.1. The zero-order chi connectivity index (χ0) is 29.4. The Kier molecular flexibility index (Phi) is 8.01. The number of aliphatic imine (C=N–C) groups is 1.